The molecule has 0 spiro atoms. The first kappa shape index (κ1) is 16.6. The van der Waals surface area contributed by atoms with Crippen molar-refractivity contribution in [3.8, 4) is 10.4 Å². The van der Waals surface area contributed by atoms with E-state index in [0.29, 0.717) is 11.8 Å². The van der Waals surface area contributed by atoms with Gasteiger partial charge in [-0.25, -0.2) is 0 Å². The summed E-state index contributed by atoms with van der Waals surface area (Å²) in [5, 5.41) is 5.75. The van der Waals surface area contributed by atoms with Crippen molar-refractivity contribution in [1.29, 1.82) is 0 Å². The van der Waals surface area contributed by atoms with Gasteiger partial charge in [-0.15, -0.1) is 11.3 Å². The quantitative estimate of drug-likeness (QED) is 0.801. The Morgan fingerprint density at radius 2 is 2.00 bits per heavy atom. The van der Waals surface area contributed by atoms with Crippen LogP contribution in [-0.2, 0) is 4.74 Å². The van der Waals surface area contributed by atoms with Gasteiger partial charge in [0, 0.05) is 41.2 Å². The molecule has 23 heavy (non-hydrogen) atoms. The van der Waals surface area contributed by atoms with Gasteiger partial charge in [-0.05, 0) is 42.0 Å². The SMILES string of the molecule is O=C(NCCSC1CCOCC1)c1ccc(-c2cccs2)cc1. The average Bonchev–Trinajstić information content (AvgIpc) is 3.14. The zero-order chi connectivity index (χ0) is 15.9. The zero-order valence-electron chi connectivity index (χ0n) is 13.0. The molecule has 1 N–H and O–H groups in total. The summed E-state index contributed by atoms with van der Waals surface area (Å²) in [6.07, 6.45) is 2.26. The number of thiophene rings is 1. The van der Waals surface area contributed by atoms with E-state index >= 15 is 0 Å². The fraction of sp³-hybridized carbons (Fsp3) is 0.389. The van der Waals surface area contributed by atoms with Crippen LogP contribution in [0.1, 0.15) is 23.2 Å². The van der Waals surface area contributed by atoms with Gasteiger partial charge in [-0.3, -0.25) is 4.79 Å². The monoisotopic (exact) mass is 347 g/mol. The number of nitrogens with one attached hydrogen (secondary N) is 1. The highest BCUT2D eigenvalue weighted by Crippen LogP contribution is 2.24. The highest BCUT2D eigenvalue weighted by atomic mass is 32.2. The average molecular weight is 348 g/mol. The van der Waals surface area contributed by atoms with Crippen LogP contribution in [0.3, 0.4) is 0 Å². The Bertz CT molecular complexity index is 604. The molecule has 1 aromatic carbocycles. The topological polar surface area (TPSA) is 38.3 Å². The maximum Gasteiger partial charge on any atom is 0.251 e. The van der Waals surface area contributed by atoms with Gasteiger partial charge in [-0.1, -0.05) is 18.2 Å². The van der Waals surface area contributed by atoms with Gasteiger partial charge in [0.1, 0.15) is 0 Å². The lowest BCUT2D eigenvalue weighted by Crippen LogP contribution is -2.27. The van der Waals surface area contributed by atoms with Crippen LogP contribution >= 0.6 is 23.1 Å². The Kier molecular flexibility index (Phi) is 6.13. The van der Waals surface area contributed by atoms with Crippen LogP contribution in [0.25, 0.3) is 10.4 Å². The summed E-state index contributed by atoms with van der Waals surface area (Å²) >= 11 is 3.65. The lowest BCUT2D eigenvalue weighted by molar-refractivity contribution is 0.0955. The molecular formula is C18H21NO2S2. The first-order chi connectivity index (χ1) is 11.3. The van der Waals surface area contributed by atoms with Crippen molar-refractivity contribution in [2.24, 2.45) is 0 Å². The standard InChI is InChI=1S/C18H21NO2S2/c20-18(19-9-13-22-16-7-10-21-11-8-16)15-5-3-14(4-6-15)17-2-1-12-23-17/h1-6,12,16H,7-11,13H2,(H,19,20). The van der Waals surface area contributed by atoms with E-state index in [9.17, 15) is 4.79 Å². The Balaban J connectivity index is 1.43. The fourth-order valence-electron chi connectivity index (χ4n) is 2.56. The molecule has 2 heterocycles. The molecule has 0 aliphatic carbocycles. The van der Waals surface area contributed by atoms with Crippen molar-refractivity contribution >= 4 is 29.0 Å². The van der Waals surface area contributed by atoms with E-state index in [-0.39, 0.29) is 5.91 Å². The van der Waals surface area contributed by atoms with Crippen molar-refractivity contribution in [3.05, 3.63) is 47.3 Å². The molecule has 0 bridgehead atoms. The van der Waals surface area contributed by atoms with Gasteiger partial charge >= 0.3 is 0 Å². The van der Waals surface area contributed by atoms with Gasteiger partial charge in [-0.2, -0.15) is 11.8 Å². The molecule has 0 unspecified atom stereocenters. The molecule has 1 aliphatic rings. The predicted molar refractivity (Wildman–Crippen MR) is 98.4 cm³/mol. The van der Waals surface area contributed by atoms with Crippen molar-refractivity contribution < 1.29 is 9.53 Å². The van der Waals surface area contributed by atoms with E-state index in [4.69, 9.17) is 4.74 Å². The van der Waals surface area contributed by atoms with E-state index in [1.165, 1.54) is 4.88 Å². The molecule has 1 aliphatic heterocycles. The number of amides is 1. The lowest BCUT2D eigenvalue weighted by Gasteiger charge is -2.21. The summed E-state index contributed by atoms with van der Waals surface area (Å²) in [5.74, 6) is 0.972. The summed E-state index contributed by atoms with van der Waals surface area (Å²) < 4.78 is 5.36. The number of rotatable bonds is 6. The van der Waals surface area contributed by atoms with Crippen molar-refractivity contribution in [2.75, 3.05) is 25.5 Å². The molecule has 0 saturated carbocycles. The van der Waals surface area contributed by atoms with Crippen LogP contribution in [0.15, 0.2) is 41.8 Å². The summed E-state index contributed by atoms with van der Waals surface area (Å²) in [5.41, 5.74) is 1.88. The van der Waals surface area contributed by atoms with Gasteiger partial charge in [0.25, 0.3) is 5.91 Å². The minimum Gasteiger partial charge on any atom is -0.381 e. The number of hydrogen-bond acceptors (Lipinski definition) is 4. The van der Waals surface area contributed by atoms with E-state index < -0.39 is 0 Å². The molecule has 3 nitrogen and oxygen atoms in total. The van der Waals surface area contributed by atoms with Crippen molar-refractivity contribution in [3.63, 3.8) is 0 Å². The second kappa shape index (κ2) is 8.52. The summed E-state index contributed by atoms with van der Waals surface area (Å²) in [6, 6.07) is 11.9. The first-order valence-electron chi connectivity index (χ1n) is 7.94. The highest BCUT2D eigenvalue weighted by molar-refractivity contribution is 7.99. The largest absolute Gasteiger partial charge is 0.381 e. The van der Waals surface area contributed by atoms with Crippen LogP contribution in [-0.4, -0.2) is 36.7 Å². The number of carbonyl (C=O) groups excluding carboxylic acids is 1. The maximum atomic E-state index is 12.2. The summed E-state index contributed by atoms with van der Waals surface area (Å²) in [6.45, 7) is 2.47. The number of benzene rings is 1. The van der Waals surface area contributed by atoms with Crippen LogP contribution in [0.4, 0.5) is 0 Å². The molecule has 0 radical (unpaired) electrons. The molecule has 1 fully saturated rings. The molecule has 1 amide bonds. The first-order valence-corrected chi connectivity index (χ1v) is 9.87. The lowest BCUT2D eigenvalue weighted by atomic mass is 10.1. The smallest absolute Gasteiger partial charge is 0.251 e. The normalized spacial score (nSPS) is 15.5. The van der Waals surface area contributed by atoms with Crippen LogP contribution in [0.5, 0.6) is 0 Å². The third-order valence-electron chi connectivity index (χ3n) is 3.86. The zero-order valence-corrected chi connectivity index (χ0v) is 14.6. The number of thioether (sulfide) groups is 1. The van der Waals surface area contributed by atoms with E-state index in [0.717, 1.165) is 42.9 Å². The second-order valence-corrected chi connectivity index (χ2v) is 7.85. The van der Waals surface area contributed by atoms with Gasteiger partial charge < -0.3 is 10.1 Å². The molecule has 2 aromatic rings. The molecule has 122 valence electrons. The minimum atomic E-state index is 0.00954. The van der Waals surface area contributed by atoms with Crippen molar-refractivity contribution in [2.45, 2.75) is 18.1 Å². The Hall–Kier alpha value is -1.30. The minimum absolute atomic E-state index is 0.00954. The predicted octanol–water partition coefficient (Wildman–Crippen LogP) is 4.06. The Labute approximate surface area is 145 Å². The van der Waals surface area contributed by atoms with E-state index in [2.05, 4.69) is 16.8 Å². The molecule has 0 atom stereocenters. The molecular weight excluding hydrogens is 326 g/mol. The van der Waals surface area contributed by atoms with Crippen LogP contribution < -0.4 is 5.32 Å². The Morgan fingerprint density at radius 1 is 1.22 bits per heavy atom. The van der Waals surface area contributed by atoms with Gasteiger partial charge in [0.05, 0.1) is 0 Å². The Morgan fingerprint density at radius 3 is 2.70 bits per heavy atom. The van der Waals surface area contributed by atoms with Crippen LogP contribution in [0.2, 0.25) is 0 Å². The van der Waals surface area contributed by atoms with E-state index in [1.54, 1.807) is 11.3 Å². The van der Waals surface area contributed by atoms with Crippen molar-refractivity contribution in [1.82, 2.24) is 5.32 Å². The number of hydrogen-bond donors (Lipinski definition) is 1. The molecule has 5 heteroatoms. The molecule has 1 saturated heterocycles. The van der Waals surface area contributed by atoms with E-state index in [1.807, 2.05) is 42.1 Å². The summed E-state index contributed by atoms with van der Waals surface area (Å²) in [7, 11) is 0. The third-order valence-corrected chi connectivity index (χ3v) is 6.16. The molecule has 3 rings (SSSR count). The van der Waals surface area contributed by atoms with Crippen LogP contribution in [0, 0.1) is 0 Å². The fourth-order valence-corrected chi connectivity index (χ4v) is 4.38. The second-order valence-electron chi connectivity index (χ2n) is 5.49. The highest BCUT2D eigenvalue weighted by Gasteiger charge is 2.13. The van der Waals surface area contributed by atoms with Gasteiger partial charge in [0.15, 0.2) is 0 Å². The molecule has 1 aromatic heterocycles. The number of ether oxygens (including phenoxy) is 1. The van der Waals surface area contributed by atoms with Gasteiger partial charge in [0.2, 0.25) is 0 Å². The summed E-state index contributed by atoms with van der Waals surface area (Å²) in [4.78, 5) is 13.4. The maximum absolute atomic E-state index is 12.2. The number of carbonyl (C=O) groups is 1. The third kappa shape index (κ3) is 4.83.